The van der Waals surface area contributed by atoms with E-state index in [4.69, 9.17) is 21.8 Å². The van der Waals surface area contributed by atoms with E-state index in [0.29, 0.717) is 22.8 Å². The number of nitrogens with two attached hydrogens (primary N) is 1. The van der Waals surface area contributed by atoms with Crippen molar-refractivity contribution in [3.8, 4) is 0 Å². The second-order valence-corrected chi connectivity index (χ2v) is 5.85. The summed E-state index contributed by atoms with van der Waals surface area (Å²) in [6.45, 7) is 0. The van der Waals surface area contributed by atoms with Crippen molar-refractivity contribution in [2.75, 3.05) is 0 Å². The molecule has 1 fully saturated rings. The number of ketones is 1. The highest BCUT2D eigenvalue weighted by molar-refractivity contribution is 6.34. The molecule has 0 unspecified atom stereocenters. The molecule has 0 radical (unpaired) electrons. The van der Waals surface area contributed by atoms with E-state index in [2.05, 4.69) is 0 Å². The van der Waals surface area contributed by atoms with Gasteiger partial charge >= 0.3 is 0 Å². The second-order valence-electron chi connectivity index (χ2n) is 5.44. The third-order valence-electron chi connectivity index (χ3n) is 3.88. The number of benzene rings is 1. The fourth-order valence-corrected chi connectivity index (χ4v) is 3.05. The third kappa shape index (κ3) is 2.40. The third-order valence-corrected chi connectivity index (χ3v) is 4.18. The molecule has 4 heteroatoms. The minimum absolute atomic E-state index is 0.0309. The zero-order valence-electron chi connectivity index (χ0n) is 10.6. The van der Waals surface area contributed by atoms with Crippen molar-refractivity contribution in [2.45, 2.75) is 37.6 Å². The largest absolute Gasteiger partial charge is 0.451 e. The van der Waals surface area contributed by atoms with Gasteiger partial charge in [-0.15, -0.1) is 0 Å². The van der Waals surface area contributed by atoms with Crippen molar-refractivity contribution in [2.24, 2.45) is 5.73 Å². The fraction of sp³-hybridized carbons (Fsp3) is 0.400. The summed E-state index contributed by atoms with van der Waals surface area (Å²) in [4.78, 5) is 12.3. The standard InChI is InChI=1S/C15H16ClNO2/c16-11-5-3-4-10-8-13(19-14(10)11)12(18)9-15(17)6-1-2-7-15/h3-5,8H,1-2,6-7,9,17H2. The number of furan rings is 1. The number of carbonyl (C=O) groups is 1. The van der Waals surface area contributed by atoms with Crippen LogP contribution in [0.2, 0.25) is 5.02 Å². The average molecular weight is 278 g/mol. The summed E-state index contributed by atoms with van der Waals surface area (Å²) in [7, 11) is 0. The summed E-state index contributed by atoms with van der Waals surface area (Å²) in [5.41, 5.74) is 6.46. The number of Topliss-reactive ketones (excluding diaryl/α,β-unsaturated/α-hetero) is 1. The molecule has 0 atom stereocenters. The van der Waals surface area contributed by atoms with Crippen LogP contribution >= 0.6 is 11.6 Å². The molecular weight excluding hydrogens is 262 g/mol. The van der Waals surface area contributed by atoms with Crippen molar-refractivity contribution in [3.63, 3.8) is 0 Å². The molecule has 3 nitrogen and oxygen atoms in total. The number of halogens is 1. The molecule has 0 spiro atoms. The summed E-state index contributed by atoms with van der Waals surface area (Å²) < 4.78 is 5.58. The summed E-state index contributed by atoms with van der Waals surface area (Å²) >= 11 is 6.04. The predicted molar refractivity (Wildman–Crippen MR) is 75.6 cm³/mol. The smallest absolute Gasteiger partial charge is 0.199 e. The van der Waals surface area contributed by atoms with E-state index in [0.717, 1.165) is 31.1 Å². The van der Waals surface area contributed by atoms with Gasteiger partial charge in [0.2, 0.25) is 0 Å². The average Bonchev–Trinajstić information content (AvgIpc) is 2.96. The minimum atomic E-state index is -0.347. The maximum Gasteiger partial charge on any atom is 0.199 e. The van der Waals surface area contributed by atoms with Crippen LogP contribution in [0.1, 0.15) is 42.7 Å². The molecular formula is C15H16ClNO2. The van der Waals surface area contributed by atoms with Crippen molar-refractivity contribution in [1.82, 2.24) is 0 Å². The number of fused-ring (bicyclic) bond motifs is 1. The Morgan fingerprint density at radius 1 is 1.37 bits per heavy atom. The van der Waals surface area contributed by atoms with Crippen molar-refractivity contribution in [3.05, 3.63) is 35.0 Å². The molecule has 0 amide bonds. The van der Waals surface area contributed by atoms with E-state index < -0.39 is 0 Å². The predicted octanol–water partition coefficient (Wildman–Crippen LogP) is 3.93. The molecule has 100 valence electrons. The maximum atomic E-state index is 12.3. The Labute approximate surface area is 116 Å². The van der Waals surface area contributed by atoms with Crippen LogP contribution in [0, 0.1) is 0 Å². The maximum absolute atomic E-state index is 12.3. The van der Waals surface area contributed by atoms with E-state index in [-0.39, 0.29) is 11.3 Å². The van der Waals surface area contributed by atoms with Gasteiger partial charge in [0.25, 0.3) is 0 Å². The first-order chi connectivity index (χ1) is 9.07. The molecule has 1 aliphatic rings. The quantitative estimate of drug-likeness (QED) is 0.865. The fourth-order valence-electron chi connectivity index (χ4n) is 2.83. The van der Waals surface area contributed by atoms with Crippen LogP contribution in [0.25, 0.3) is 11.0 Å². The van der Waals surface area contributed by atoms with E-state index in [1.165, 1.54) is 0 Å². The van der Waals surface area contributed by atoms with Gasteiger partial charge < -0.3 is 10.2 Å². The molecule has 0 saturated heterocycles. The molecule has 1 saturated carbocycles. The highest BCUT2D eigenvalue weighted by Crippen LogP contribution is 2.33. The van der Waals surface area contributed by atoms with Crippen LogP contribution in [0.15, 0.2) is 28.7 Å². The molecule has 0 aliphatic heterocycles. The first-order valence-electron chi connectivity index (χ1n) is 6.58. The summed E-state index contributed by atoms with van der Waals surface area (Å²) in [6, 6.07) is 7.23. The zero-order valence-corrected chi connectivity index (χ0v) is 11.4. The molecule has 1 aromatic heterocycles. The lowest BCUT2D eigenvalue weighted by atomic mass is 9.91. The lowest BCUT2D eigenvalue weighted by Crippen LogP contribution is -2.38. The highest BCUT2D eigenvalue weighted by atomic mass is 35.5. The van der Waals surface area contributed by atoms with Crippen LogP contribution in [0.3, 0.4) is 0 Å². The normalized spacial score (nSPS) is 18.0. The van der Waals surface area contributed by atoms with Gasteiger partial charge in [-0.05, 0) is 25.0 Å². The van der Waals surface area contributed by atoms with Crippen LogP contribution in [-0.4, -0.2) is 11.3 Å². The van der Waals surface area contributed by atoms with Gasteiger partial charge in [0.15, 0.2) is 17.1 Å². The monoisotopic (exact) mass is 277 g/mol. The Morgan fingerprint density at radius 3 is 2.79 bits per heavy atom. The van der Waals surface area contributed by atoms with Gasteiger partial charge in [-0.3, -0.25) is 4.79 Å². The highest BCUT2D eigenvalue weighted by Gasteiger charge is 2.32. The number of hydrogen-bond acceptors (Lipinski definition) is 3. The Balaban J connectivity index is 1.87. The van der Waals surface area contributed by atoms with E-state index >= 15 is 0 Å². The SMILES string of the molecule is NC1(CC(=O)c2cc3cccc(Cl)c3o2)CCCC1. The van der Waals surface area contributed by atoms with Crippen LogP contribution < -0.4 is 5.73 Å². The van der Waals surface area contributed by atoms with Gasteiger partial charge in [-0.1, -0.05) is 36.6 Å². The zero-order chi connectivity index (χ0) is 13.5. The number of para-hydroxylation sites is 1. The molecule has 3 rings (SSSR count). The Morgan fingerprint density at radius 2 is 2.11 bits per heavy atom. The molecule has 2 aromatic rings. The Bertz CT molecular complexity index is 626. The van der Waals surface area contributed by atoms with Gasteiger partial charge in [-0.25, -0.2) is 0 Å². The Kier molecular flexibility index (Phi) is 3.11. The first-order valence-corrected chi connectivity index (χ1v) is 6.95. The lowest BCUT2D eigenvalue weighted by Gasteiger charge is -2.21. The molecule has 1 heterocycles. The summed E-state index contributed by atoms with van der Waals surface area (Å²) in [5, 5.41) is 1.38. The van der Waals surface area contributed by atoms with E-state index in [1.807, 2.05) is 12.1 Å². The summed E-state index contributed by atoms with van der Waals surface area (Å²) in [5.74, 6) is 0.330. The van der Waals surface area contributed by atoms with Gasteiger partial charge in [0.1, 0.15) is 0 Å². The van der Waals surface area contributed by atoms with Crippen LogP contribution in [0.5, 0.6) is 0 Å². The first kappa shape index (κ1) is 12.7. The topological polar surface area (TPSA) is 56.2 Å². The van der Waals surface area contributed by atoms with Crippen molar-refractivity contribution in [1.29, 1.82) is 0 Å². The lowest BCUT2D eigenvalue weighted by molar-refractivity contribution is 0.0927. The van der Waals surface area contributed by atoms with Crippen LogP contribution in [-0.2, 0) is 0 Å². The van der Waals surface area contributed by atoms with Gasteiger partial charge in [-0.2, -0.15) is 0 Å². The van der Waals surface area contributed by atoms with E-state index in [9.17, 15) is 4.79 Å². The Hall–Kier alpha value is -1.32. The molecule has 1 aliphatic carbocycles. The van der Waals surface area contributed by atoms with Crippen LogP contribution in [0.4, 0.5) is 0 Å². The van der Waals surface area contributed by atoms with Crippen molar-refractivity contribution < 1.29 is 9.21 Å². The van der Waals surface area contributed by atoms with E-state index in [1.54, 1.807) is 12.1 Å². The second kappa shape index (κ2) is 4.66. The molecule has 2 N–H and O–H groups in total. The molecule has 19 heavy (non-hydrogen) atoms. The minimum Gasteiger partial charge on any atom is -0.451 e. The number of rotatable bonds is 3. The van der Waals surface area contributed by atoms with Gasteiger partial charge in [0.05, 0.1) is 5.02 Å². The number of hydrogen-bond donors (Lipinski definition) is 1. The molecule has 1 aromatic carbocycles. The van der Waals surface area contributed by atoms with Gasteiger partial charge in [0, 0.05) is 17.3 Å². The summed E-state index contributed by atoms with van der Waals surface area (Å²) in [6.07, 6.45) is 4.40. The number of carbonyl (C=O) groups excluding carboxylic acids is 1. The van der Waals surface area contributed by atoms with Crippen molar-refractivity contribution >= 4 is 28.4 Å². The molecule has 0 bridgehead atoms.